The van der Waals surface area contributed by atoms with Crippen LogP contribution in [0.1, 0.15) is 58.8 Å². The van der Waals surface area contributed by atoms with Crippen LogP contribution >= 0.6 is 0 Å². The van der Waals surface area contributed by atoms with Crippen LogP contribution in [0.3, 0.4) is 0 Å². The molecule has 0 aliphatic heterocycles. The van der Waals surface area contributed by atoms with Crippen LogP contribution in [0, 0.1) is 11.8 Å². The van der Waals surface area contributed by atoms with Gasteiger partial charge in [-0.25, -0.2) is 0 Å². The summed E-state index contributed by atoms with van der Waals surface area (Å²) in [6, 6.07) is 0. The van der Waals surface area contributed by atoms with Gasteiger partial charge in [-0.2, -0.15) is 0 Å². The molecule has 0 aromatic heterocycles. The third-order valence-electron chi connectivity index (χ3n) is 3.67. The molecule has 4 nitrogen and oxygen atoms in total. The van der Waals surface area contributed by atoms with Crippen LogP contribution in [-0.2, 0) is 19.1 Å². The molecule has 4 heteroatoms. The van der Waals surface area contributed by atoms with Crippen molar-refractivity contribution in [2.75, 3.05) is 6.61 Å². The average Bonchev–Trinajstić information content (AvgIpc) is 2.90. The van der Waals surface area contributed by atoms with Crippen molar-refractivity contribution in [1.82, 2.24) is 0 Å². The quantitative estimate of drug-likeness (QED) is 0.501. The van der Waals surface area contributed by atoms with Gasteiger partial charge in [0.2, 0.25) is 0 Å². The molecular formula is C15H24O4. The normalized spacial score (nSPS) is 17.2. The number of ketones is 2. The molecule has 1 atom stereocenters. The molecule has 0 bridgehead atoms. The van der Waals surface area contributed by atoms with Crippen LogP contribution in [-0.4, -0.2) is 24.1 Å². The van der Waals surface area contributed by atoms with Crippen LogP contribution in [0.4, 0.5) is 0 Å². The summed E-state index contributed by atoms with van der Waals surface area (Å²) in [7, 11) is 0. The van der Waals surface area contributed by atoms with Crippen molar-refractivity contribution in [3.63, 3.8) is 0 Å². The van der Waals surface area contributed by atoms with E-state index in [1.54, 1.807) is 6.92 Å². The van der Waals surface area contributed by atoms with E-state index in [1.807, 2.05) is 6.92 Å². The van der Waals surface area contributed by atoms with Gasteiger partial charge < -0.3 is 4.74 Å². The molecule has 1 unspecified atom stereocenters. The van der Waals surface area contributed by atoms with Gasteiger partial charge in [0.15, 0.2) is 0 Å². The summed E-state index contributed by atoms with van der Waals surface area (Å²) in [4.78, 5) is 35.9. The van der Waals surface area contributed by atoms with E-state index in [1.165, 1.54) is 0 Å². The summed E-state index contributed by atoms with van der Waals surface area (Å²) >= 11 is 0. The lowest BCUT2D eigenvalue weighted by Crippen LogP contribution is -2.30. The molecule has 19 heavy (non-hydrogen) atoms. The Morgan fingerprint density at radius 3 is 2.32 bits per heavy atom. The van der Waals surface area contributed by atoms with E-state index in [0.717, 1.165) is 25.7 Å². The Bertz CT molecular complexity index is 311. The van der Waals surface area contributed by atoms with Crippen LogP contribution in [0.15, 0.2) is 0 Å². The second-order valence-electron chi connectivity index (χ2n) is 5.17. The monoisotopic (exact) mass is 268 g/mol. The SMILES string of the molecule is CCCC(=O)C(CC(=O)C1CCCC1)C(=O)OCC. The number of rotatable bonds is 8. The van der Waals surface area contributed by atoms with E-state index in [0.29, 0.717) is 12.8 Å². The minimum absolute atomic E-state index is 0.0301. The largest absolute Gasteiger partial charge is 0.465 e. The van der Waals surface area contributed by atoms with Crippen molar-refractivity contribution < 1.29 is 19.1 Å². The molecule has 0 N–H and O–H groups in total. The highest BCUT2D eigenvalue weighted by Gasteiger charge is 2.32. The van der Waals surface area contributed by atoms with Gasteiger partial charge in [-0.1, -0.05) is 19.8 Å². The molecule has 1 fully saturated rings. The number of hydrogen-bond acceptors (Lipinski definition) is 4. The first kappa shape index (κ1) is 15.9. The van der Waals surface area contributed by atoms with E-state index in [2.05, 4.69) is 0 Å². The minimum Gasteiger partial charge on any atom is -0.465 e. The lowest BCUT2D eigenvalue weighted by molar-refractivity contribution is -0.153. The highest BCUT2D eigenvalue weighted by atomic mass is 16.5. The second-order valence-corrected chi connectivity index (χ2v) is 5.17. The molecule has 0 aromatic rings. The molecular weight excluding hydrogens is 244 g/mol. The van der Waals surface area contributed by atoms with Crippen molar-refractivity contribution in [1.29, 1.82) is 0 Å². The highest BCUT2D eigenvalue weighted by molar-refractivity contribution is 6.02. The third kappa shape index (κ3) is 4.77. The van der Waals surface area contributed by atoms with Crippen LogP contribution in [0.5, 0.6) is 0 Å². The smallest absolute Gasteiger partial charge is 0.316 e. The summed E-state index contributed by atoms with van der Waals surface area (Å²) in [6.07, 6.45) is 5.00. The number of esters is 1. The molecule has 1 rings (SSSR count). The predicted molar refractivity (Wildman–Crippen MR) is 71.6 cm³/mol. The van der Waals surface area contributed by atoms with Crippen LogP contribution in [0.2, 0.25) is 0 Å². The minimum atomic E-state index is -0.881. The molecule has 1 saturated carbocycles. The predicted octanol–water partition coefficient (Wildman–Crippen LogP) is 2.68. The lowest BCUT2D eigenvalue weighted by Gasteiger charge is -2.15. The number of carbonyl (C=O) groups excluding carboxylic acids is 3. The standard InChI is InChI=1S/C15H24O4/c1-3-7-13(16)12(15(18)19-4-2)10-14(17)11-8-5-6-9-11/h11-12H,3-10H2,1-2H3. The number of carbonyl (C=O) groups is 3. The fraction of sp³-hybridized carbons (Fsp3) is 0.800. The zero-order valence-electron chi connectivity index (χ0n) is 11.9. The zero-order chi connectivity index (χ0) is 14.3. The van der Waals surface area contributed by atoms with Crippen molar-refractivity contribution in [3.05, 3.63) is 0 Å². The molecule has 108 valence electrons. The lowest BCUT2D eigenvalue weighted by atomic mass is 9.89. The fourth-order valence-corrected chi connectivity index (χ4v) is 2.61. The first-order valence-electron chi connectivity index (χ1n) is 7.32. The van der Waals surface area contributed by atoms with Crippen molar-refractivity contribution in [2.24, 2.45) is 11.8 Å². The average molecular weight is 268 g/mol. The fourth-order valence-electron chi connectivity index (χ4n) is 2.61. The molecule has 0 spiro atoms. The zero-order valence-corrected chi connectivity index (χ0v) is 11.9. The van der Waals surface area contributed by atoms with Gasteiger partial charge >= 0.3 is 5.97 Å². The molecule has 0 saturated heterocycles. The van der Waals surface area contributed by atoms with E-state index in [4.69, 9.17) is 4.74 Å². The van der Waals surface area contributed by atoms with Gasteiger partial charge in [-0.05, 0) is 26.2 Å². The van der Waals surface area contributed by atoms with E-state index >= 15 is 0 Å². The molecule has 0 radical (unpaired) electrons. The summed E-state index contributed by atoms with van der Waals surface area (Å²) < 4.78 is 4.92. The third-order valence-corrected chi connectivity index (χ3v) is 3.67. The number of Topliss-reactive ketones (excluding diaryl/α,β-unsaturated/α-hetero) is 2. The Morgan fingerprint density at radius 1 is 1.16 bits per heavy atom. The first-order valence-corrected chi connectivity index (χ1v) is 7.32. The van der Waals surface area contributed by atoms with Crippen LogP contribution in [0.25, 0.3) is 0 Å². The molecule has 0 amide bonds. The van der Waals surface area contributed by atoms with E-state index < -0.39 is 11.9 Å². The van der Waals surface area contributed by atoms with Gasteiger partial charge in [0, 0.05) is 18.8 Å². The van der Waals surface area contributed by atoms with Crippen LogP contribution < -0.4 is 0 Å². The van der Waals surface area contributed by atoms with E-state index in [-0.39, 0.29) is 30.5 Å². The summed E-state index contributed by atoms with van der Waals surface area (Å²) in [5, 5.41) is 0. The topological polar surface area (TPSA) is 60.4 Å². The maximum atomic E-state index is 12.1. The van der Waals surface area contributed by atoms with Gasteiger partial charge in [-0.15, -0.1) is 0 Å². The number of ether oxygens (including phenoxy) is 1. The van der Waals surface area contributed by atoms with Crippen molar-refractivity contribution >= 4 is 17.5 Å². The summed E-state index contributed by atoms with van der Waals surface area (Å²) in [5.41, 5.74) is 0. The van der Waals surface area contributed by atoms with Crippen molar-refractivity contribution in [3.8, 4) is 0 Å². The Morgan fingerprint density at radius 2 is 1.79 bits per heavy atom. The molecule has 0 aromatic carbocycles. The van der Waals surface area contributed by atoms with Gasteiger partial charge in [0.1, 0.15) is 17.5 Å². The van der Waals surface area contributed by atoms with Gasteiger partial charge in [0.25, 0.3) is 0 Å². The second kappa shape index (κ2) is 8.08. The summed E-state index contributed by atoms with van der Waals surface area (Å²) in [6.45, 7) is 3.84. The van der Waals surface area contributed by atoms with Crippen molar-refractivity contribution in [2.45, 2.75) is 58.8 Å². The molecule has 1 aliphatic carbocycles. The molecule has 1 aliphatic rings. The highest BCUT2D eigenvalue weighted by Crippen LogP contribution is 2.28. The maximum absolute atomic E-state index is 12.1. The van der Waals surface area contributed by atoms with Gasteiger partial charge in [0.05, 0.1) is 6.61 Å². The Kier molecular flexibility index (Phi) is 6.74. The Hall–Kier alpha value is -1.19. The Labute approximate surface area is 114 Å². The maximum Gasteiger partial charge on any atom is 0.316 e. The molecule has 0 heterocycles. The summed E-state index contributed by atoms with van der Waals surface area (Å²) in [5.74, 6) is -1.47. The first-order chi connectivity index (χ1) is 9.10. The Balaban J connectivity index is 2.64. The van der Waals surface area contributed by atoms with Gasteiger partial charge in [-0.3, -0.25) is 14.4 Å². The van der Waals surface area contributed by atoms with E-state index in [9.17, 15) is 14.4 Å². The number of hydrogen-bond donors (Lipinski definition) is 0.